The lowest BCUT2D eigenvalue weighted by Crippen LogP contribution is -2.30. The van der Waals surface area contributed by atoms with Crippen molar-refractivity contribution in [3.8, 4) is 0 Å². The van der Waals surface area contributed by atoms with Gasteiger partial charge in [0.2, 0.25) is 0 Å². The van der Waals surface area contributed by atoms with E-state index in [4.69, 9.17) is 4.74 Å². The molecule has 1 fully saturated rings. The fourth-order valence-corrected chi connectivity index (χ4v) is 4.41. The van der Waals surface area contributed by atoms with Crippen LogP contribution < -0.4 is 5.32 Å². The van der Waals surface area contributed by atoms with Crippen LogP contribution in [0.1, 0.15) is 37.3 Å². The number of sulfone groups is 1. The van der Waals surface area contributed by atoms with Gasteiger partial charge in [-0.3, -0.25) is 0 Å². The molecule has 116 valence electrons. The zero-order chi connectivity index (χ0) is 14.7. The molecular formula is C16H23NO3S. The number of hydrogen-bond acceptors (Lipinski definition) is 4. The molecule has 1 N–H and O–H groups in total. The topological polar surface area (TPSA) is 55.4 Å². The summed E-state index contributed by atoms with van der Waals surface area (Å²) in [6.07, 6.45) is 4.28. The number of nitrogens with one attached hydrogen (secondary N) is 1. The first-order valence-electron chi connectivity index (χ1n) is 7.79. The largest absolute Gasteiger partial charge is 0.381 e. The van der Waals surface area contributed by atoms with Gasteiger partial charge in [-0.05, 0) is 49.8 Å². The standard InChI is InChI=1S/C16H23NO3S/c18-21(19)11-8-15(14-4-1-2-5-16(14)21)17-9-3-10-20-12-13-6-7-13/h1-2,4-5,13,15,17H,3,6-12H2. The quantitative estimate of drug-likeness (QED) is 0.785. The molecule has 1 unspecified atom stereocenters. The molecule has 0 bridgehead atoms. The predicted octanol–water partition coefficient (Wildman–Crippen LogP) is 2.31. The van der Waals surface area contributed by atoms with E-state index < -0.39 is 9.84 Å². The molecular weight excluding hydrogens is 286 g/mol. The summed E-state index contributed by atoms with van der Waals surface area (Å²) in [6, 6.07) is 7.50. The number of hydrogen-bond donors (Lipinski definition) is 1. The highest BCUT2D eigenvalue weighted by atomic mass is 32.2. The fourth-order valence-electron chi connectivity index (χ4n) is 2.79. The summed E-state index contributed by atoms with van der Waals surface area (Å²) in [5.41, 5.74) is 0.919. The van der Waals surface area contributed by atoms with Gasteiger partial charge in [-0.1, -0.05) is 18.2 Å². The minimum Gasteiger partial charge on any atom is -0.381 e. The van der Waals surface area contributed by atoms with Crippen molar-refractivity contribution in [1.82, 2.24) is 5.32 Å². The Bertz CT molecular complexity index is 581. The molecule has 1 aromatic carbocycles. The zero-order valence-corrected chi connectivity index (χ0v) is 13.1. The molecule has 0 amide bonds. The molecule has 4 nitrogen and oxygen atoms in total. The maximum atomic E-state index is 12.1. The van der Waals surface area contributed by atoms with Gasteiger partial charge in [0.05, 0.1) is 10.6 Å². The number of ether oxygens (including phenoxy) is 1. The third kappa shape index (κ3) is 3.84. The van der Waals surface area contributed by atoms with Crippen molar-refractivity contribution in [2.75, 3.05) is 25.5 Å². The van der Waals surface area contributed by atoms with Crippen molar-refractivity contribution in [3.63, 3.8) is 0 Å². The first kappa shape index (κ1) is 15.0. The van der Waals surface area contributed by atoms with Crippen LogP contribution in [0.25, 0.3) is 0 Å². The number of fused-ring (bicyclic) bond motifs is 1. The van der Waals surface area contributed by atoms with Crippen LogP contribution in [0.3, 0.4) is 0 Å². The van der Waals surface area contributed by atoms with E-state index in [2.05, 4.69) is 5.32 Å². The minimum atomic E-state index is -3.08. The third-order valence-corrected chi connectivity index (χ3v) is 6.03. The van der Waals surface area contributed by atoms with Crippen LogP contribution in [0.4, 0.5) is 0 Å². The van der Waals surface area contributed by atoms with Crippen molar-refractivity contribution in [3.05, 3.63) is 29.8 Å². The highest BCUT2D eigenvalue weighted by Crippen LogP contribution is 2.31. The zero-order valence-electron chi connectivity index (χ0n) is 12.3. The molecule has 0 spiro atoms. The Labute approximate surface area is 126 Å². The summed E-state index contributed by atoms with van der Waals surface area (Å²) in [5.74, 6) is 1.05. The lowest BCUT2D eigenvalue weighted by Gasteiger charge is -2.26. The van der Waals surface area contributed by atoms with Crippen LogP contribution >= 0.6 is 0 Å². The van der Waals surface area contributed by atoms with Crippen molar-refractivity contribution >= 4 is 9.84 Å². The molecule has 5 heteroatoms. The van der Waals surface area contributed by atoms with Gasteiger partial charge in [0.1, 0.15) is 0 Å². The summed E-state index contributed by atoms with van der Waals surface area (Å²) in [7, 11) is -3.08. The minimum absolute atomic E-state index is 0.146. The smallest absolute Gasteiger partial charge is 0.178 e. The van der Waals surface area contributed by atoms with Crippen molar-refractivity contribution in [2.24, 2.45) is 5.92 Å². The Hall–Kier alpha value is -0.910. The van der Waals surface area contributed by atoms with E-state index in [0.29, 0.717) is 11.3 Å². The number of rotatable bonds is 7. The van der Waals surface area contributed by atoms with Crippen LogP contribution in [0, 0.1) is 5.92 Å². The summed E-state index contributed by atoms with van der Waals surface area (Å²) < 4.78 is 29.7. The SMILES string of the molecule is O=S1(=O)CCC(NCCCOCC2CC2)c2ccccc21. The van der Waals surface area contributed by atoms with Gasteiger partial charge in [-0.25, -0.2) is 8.42 Å². The second-order valence-electron chi connectivity index (χ2n) is 6.02. The van der Waals surface area contributed by atoms with Crippen LogP contribution in [-0.4, -0.2) is 33.9 Å². The van der Waals surface area contributed by atoms with Gasteiger partial charge in [-0.2, -0.15) is 0 Å². The molecule has 1 aliphatic carbocycles. The maximum absolute atomic E-state index is 12.1. The molecule has 1 aromatic rings. The first-order chi connectivity index (χ1) is 10.2. The Morgan fingerprint density at radius 3 is 2.81 bits per heavy atom. The second-order valence-corrected chi connectivity index (χ2v) is 8.10. The lowest BCUT2D eigenvalue weighted by molar-refractivity contribution is 0.121. The fraction of sp³-hybridized carbons (Fsp3) is 0.625. The summed E-state index contributed by atoms with van der Waals surface area (Å²) in [6.45, 7) is 2.56. The summed E-state index contributed by atoms with van der Waals surface area (Å²) in [4.78, 5) is 0.499. The number of benzene rings is 1. The third-order valence-electron chi connectivity index (χ3n) is 4.21. The highest BCUT2D eigenvalue weighted by Gasteiger charge is 2.29. The average molecular weight is 309 g/mol. The van der Waals surface area contributed by atoms with E-state index in [1.807, 2.05) is 12.1 Å². The van der Waals surface area contributed by atoms with Crippen LogP contribution in [0.15, 0.2) is 29.2 Å². The molecule has 1 heterocycles. The van der Waals surface area contributed by atoms with Crippen molar-refractivity contribution in [1.29, 1.82) is 0 Å². The molecule has 0 aromatic heterocycles. The first-order valence-corrected chi connectivity index (χ1v) is 9.45. The Morgan fingerprint density at radius 1 is 1.19 bits per heavy atom. The Balaban J connectivity index is 1.49. The second kappa shape index (κ2) is 6.46. The molecule has 2 aliphatic rings. The van der Waals surface area contributed by atoms with Gasteiger partial charge in [0.15, 0.2) is 9.84 Å². The molecule has 0 saturated heterocycles. The average Bonchev–Trinajstić information content (AvgIpc) is 3.29. The lowest BCUT2D eigenvalue weighted by atomic mass is 10.0. The Morgan fingerprint density at radius 2 is 2.00 bits per heavy atom. The molecule has 1 aliphatic heterocycles. The van der Waals surface area contributed by atoms with Gasteiger partial charge in [0.25, 0.3) is 0 Å². The summed E-state index contributed by atoms with van der Waals surface area (Å²) >= 11 is 0. The van der Waals surface area contributed by atoms with Crippen LogP contribution in [0.2, 0.25) is 0 Å². The maximum Gasteiger partial charge on any atom is 0.178 e. The van der Waals surface area contributed by atoms with E-state index in [0.717, 1.165) is 37.7 Å². The van der Waals surface area contributed by atoms with E-state index in [-0.39, 0.29) is 11.8 Å². The highest BCUT2D eigenvalue weighted by molar-refractivity contribution is 7.91. The van der Waals surface area contributed by atoms with Gasteiger partial charge in [-0.15, -0.1) is 0 Å². The van der Waals surface area contributed by atoms with Crippen molar-refractivity contribution < 1.29 is 13.2 Å². The summed E-state index contributed by atoms with van der Waals surface area (Å²) in [5, 5.41) is 3.47. The van der Waals surface area contributed by atoms with Crippen LogP contribution in [-0.2, 0) is 14.6 Å². The van der Waals surface area contributed by atoms with E-state index in [1.165, 1.54) is 12.8 Å². The van der Waals surface area contributed by atoms with Crippen molar-refractivity contribution in [2.45, 2.75) is 36.6 Å². The van der Waals surface area contributed by atoms with Gasteiger partial charge >= 0.3 is 0 Å². The van der Waals surface area contributed by atoms with E-state index >= 15 is 0 Å². The van der Waals surface area contributed by atoms with Crippen LogP contribution in [0.5, 0.6) is 0 Å². The van der Waals surface area contributed by atoms with Gasteiger partial charge < -0.3 is 10.1 Å². The van der Waals surface area contributed by atoms with Gasteiger partial charge in [0, 0.05) is 19.3 Å². The molecule has 21 heavy (non-hydrogen) atoms. The molecule has 3 rings (SSSR count). The molecule has 1 saturated carbocycles. The van der Waals surface area contributed by atoms with E-state index in [1.54, 1.807) is 12.1 Å². The monoisotopic (exact) mass is 309 g/mol. The van der Waals surface area contributed by atoms with E-state index in [9.17, 15) is 8.42 Å². The predicted molar refractivity (Wildman–Crippen MR) is 82.0 cm³/mol. The normalized spacial score (nSPS) is 23.7. The Kier molecular flexibility index (Phi) is 4.62. The molecule has 0 radical (unpaired) electrons. The molecule has 1 atom stereocenters.